The number of piperidine rings is 1. The zero-order chi connectivity index (χ0) is 16.5. The third-order valence-electron chi connectivity index (χ3n) is 3.94. The summed E-state index contributed by atoms with van der Waals surface area (Å²) in [5.41, 5.74) is 0.560. The molecule has 1 aliphatic heterocycles. The van der Waals surface area contributed by atoms with Crippen LogP contribution in [0.25, 0.3) is 0 Å². The quantitative estimate of drug-likeness (QED) is 0.636. The van der Waals surface area contributed by atoms with E-state index in [4.69, 9.17) is 11.2 Å². The van der Waals surface area contributed by atoms with Gasteiger partial charge >= 0.3 is 0 Å². The molecule has 2 amide bonds. The number of amides is 2. The Hall–Kier alpha value is -2.32. The van der Waals surface area contributed by atoms with E-state index in [1.807, 2.05) is 6.07 Å². The maximum atomic E-state index is 12.2. The molecule has 122 valence electrons. The summed E-state index contributed by atoms with van der Waals surface area (Å²) < 4.78 is 5.35. The first-order valence-electron chi connectivity index (χ1n) is 7.83. The Labute approximate surface area is 137 Å². The van der Waals surface area contributed by atoms with Crippen LogP contribution in [-0.4, -0.2) is 49.6 Å². The standard InChI is InChI=1S/C18H22N2O3/c1-2-12-23-14-15-8-10-20(11-9-15)17(21)13-19-18(22)16-6-4-3-5-7-16/h1,3-7,15H,8-14H2,(H,19,22). The number of carbonyl (C=O) groups is 2. The monoisotopic (exact) mass is 314 g/mol. The van der Waals surface area contributed by atoms with Gasteiger partial charge in [0.25, 0.3) is 5.91 Å². The van der Waals surface area contributed by atoms with Crippen LogP contribution in [0.4, 0.5) is 0 Å². The summed E-state index contributed by atoms with van der Waals surface area (Å²) in [6.07, 6.45) is 6.95. The molecule has 0 aliphatic carbocycles. The zero-order valence-corrected chi connectivity index (χ0v) is 13.2. The highest BCUT2D eigenvalue weighted by atomic mass is 16.5. The number of hydrogen-bond donors (Lipinski definition) is 1. The molecule has 23 heavy (non-hydrogen) atoms. The van der Waals surface area contributed by atoms with Crippen LogP contribution in [-0.2, 0) is 9.53 Å². The van der Waals surface area contributed by atoms with Gasteiger partial charge in [-0.2, -0.15) is 0 Å². The molecule has 1 aromatic rings. The van der Waals surface area contributed by atoms with Crippen molar-refractivity contribution in [2.75, 3.05) is 32.8 Å². The van der Waals surface area contributed by atoms with Crippen LogP contribution in [0.1, 0.15) is 23.2 Å². The highest BCUT2D eigenvalue weighted by Gasteiger charge is 2.23. The Balaban J connectivity index is 1.69. The van der Waals surface area contributed by atoms with Gasteiger partial charge < -0.3 is 15.0 Å². The van der Waals surface area contributed by atoms with E-state index in [1.165, 1.54) is 0 Å². The summed E-state index contributed by atoms with van der Waals surface area (Å²) in [5.74, 6) is 2.63. The average Bonchev–Trinajstić information content (AvgIpc) is 2.61. The molecule has 1 N–H and O–H groups in total. The van der Waals surface area contributed by atoms with E-state index < -0.39 is 0 Å². The lowest BCUT2D eigenvalue weighted by Crippen LogP contribution is -2.44. The number of rotatable bonds is 6. The van der Waals surface area contributed by atoms with E-state index in [2.05, 4.69) is 11.2 Å². The van der Waals surface area contributed by atoms with Gasteiger partial charge in [0.15, 0.2) is 0 Å². The van der Waals surface area contributed by atoms with E-state index in [1.54, 1.807) is 29.2 Å². The van der Waals surface area contributed by atoms with Crippen LogP contribution >= 0.6 is 0 Å². The third-order valence-corrected chi connectivity index (χ3v) is 3.94. The lowest BCUT2D eigenvalue weighted by Gasteiger charge is -2.31. The first-order valence-corrected chi connectivity index (χ1v) is 7.83. The minimum absolute atomic E-state index is 0.0337. The van der Waals surface area contributed by atoms with Crippen molar-refractivity contribution in [2.24, 2.45) is 5.92 Å². The van der Waals surface area contributed by atoms with Crippen molar-refractivity contribution in [3.8, 4) is 12.3 Å². The summed E-state index contributed by atoms with van der Waals surface area (Å²) in [4.78, 5) is 25.9. The first-order chi connectivity index (χ1) is 11.2. The van der Waals surface area contributed by atoms with E-state index in [0.29, 0.717) is 37.8 Å². The van der Waals surface area contributed by atoms with Gasteiger partial charge in [-0.1, -0.05) is 24.1 Å². The van der Waals surface area contributed by atoms with Gasteiger partial charge in [0, 0.05) is 18.7 Å². The number of hydrogen-bond acceptors (Lipinski definition) is 3. The van der Waals surface area contributed by atoms with E-state index in [0.717, 1.165) is 12.8 Å². The molecule has 1 aromatic carbocycles. The Kier molecular flexibility index (Phi) is 6.64. The second-order valence-corrected chi connectivity index (χ2v) is 5.59. The third kappa shape index (κ3) is 5.42. The molecule has 0 aromatic heterocycles. The predicted octanol–water partition coefficient (Wildman–Crippen LogP) is 1.30. The first kappa shape index (κ1) is 17.0. The van der Waals surface area contributed by atoms with Gasteiger partial charge in [0.1, 0.15) is 6.61 Å². The SMILES string of the molecule is C#CCOCC1CCN(C(=O)CNC(=O)c2ccccc2)CC1. The lowest BCUT2D eigenvalue weighted by atomic mass is 9.98. The van der Waals surface area contributed by atoms with Crippen LogP contribution < -0.4 is 5.32 Å². The Morgan fingerprint density at radius 1 is 1.26 bits per heavy atom. The number of carbonyl (C=O) groups excluding carboxylic acids is 2. The summed E-state index contributed by atoms with van der Waals surface area (Å²) in [5, 5.41) is 2.67. The molecule has 5 heteroatoms. The van der Waals surface area contributed by atoms with Crippen LogP contribution in [0.5, 0.6) is 0 Å². The van der Waals surface area contributed by atoms with Crippen LogP contribution in [0.2, 0.25) is 0 Å². The number of nitrogens with one attached hydrogen (secondary N) is 1. The van der Waals surface area contributed by atoms with Crippen molar-refractivity contribution in [1.29, 1.82) is 0 Å². The summed E-state index contributed by atoms with van der Waals surface area (Å²) in [7, 11) is 0. The molecule has 0 radical (unpaired) electrons. The molecule has 2 rings (SSSR count). The number of likely N-dealkylation sites (tertiary alicyclic amines) is 1. The van der Waals surface area contributed by atoms with Crippen molar-refractivity contribution >= 4 is 11.8 Å². The minimum atomic E-state index is -0.225. The molecule has 0 unspecified atom stereocenters. The fourth-order valence-corrected chi connectivity index (χ4v) is 2.59. The molecule has 1 heterocycles. The molecule has 0 bridgehead atoms. The van der Waals surface area contributed by atoms with Gasteiger partial charge in [-0.25, -0.2) is 0 Å². The summed E-state index contributed by atoms with van der Waals surface area (Å²) >= 11 is 0. The normalized spacial score (nSPS) is 15.0. The molecular weight excluding hydrogens is 292 g/mol. The molecule has 1 fully saturated rings. The van der Waals surface area contributed by atoms with Crippen molar-refractivity contribution in [3.63, 3.8) is 0 Å². The Morgan fingerprint density at radius 3 is 2.61 bits per heavy atom. The van der Waals surface area contributed by atoms with Crippen molar-refractivity contribution in [1.82, 2.24) is 10.2 Å². The predicted molar refractivity (Wildman–Crippen MR) is 87.7 cm³/mol. The second-order valence-electron chi connectivity index (χ2n) is 5.59. The second kappa shape index (κ2) is 8.96. The minimum Gasteiger partial charge on any atom is -0.369 e. The molecule has 1 saturated heterocycles. The smallest absolute Gasteiger partial charge is 0.251 e. The largest absolute Gasteiger partial charge is 0.369 e. The number of nitrogens with zero attached hydrogens (tertiary/aromatic N) is 1. The maximum Gasteiger partial charge on any atom is 0.251 e. The maximum absolute atomic E-state index is 12.2. The van der Waals surface area contributed by atoms with Gasteiger partial charge in [-0.3, -0.25) is 9.59 Å². The van der Waals surface area contributed by atoms with Crippen LogP contribution in [0.3, 0.4) is 0 Å². The number of terminal acetylenes is 1. The van der Waals surface area contributed by atoms with E-state index >= 15 is 0 Å². The molecule has 0 spiro atoms. The Bertz CT molecular complexity index is 557. The molecule has 0 saturated carbocycles. The molecule has 1 aliphatic rings. The summed E-state index contributed by atoms with van der Waals surface area (Å²) in [6, 6.07) is 8.88. The van der Waals surface area contributed by atoms with Crippen LogP contribution in [0, 0.1) is 18.3 Å². The number of benzene rings is 1. The molecular formula is C18H22N2O3. The zero-order valence-electron chi connectivity index (χ0n) is 13.2. The van der Waals surface area contributed by atoms with Crippen molar-refractivity contribution in [2.45, 2.75) is 12.8 Å². The molecule has 5 nitrogen and oxygen atoms in total. The highest BCUT2D eigenvalue weighted by molar-refractivity contribution is 5.96. The summed E-state index contributed by atoms with van der Waals surface area (Å²) in [6.45, 7) is 2.42. The topological polar surface area (TPSA) is 58.6 Å². The van der Waals surface area contributed by atoms with Crippen LogP contribution in [0.15, 0.2) is 30.3 Å². The average molecular weight is 314 g/mol. The fourth-order valence-electron chi connectivity index (χ4n) is 2.59. The Morgan fingerprint density at radius 2 is 1.96 bits per heavy atom. The van der Waals surface area contributed by atoms with E-state index in [-0.39, 0.29) is 18.4 Å². The molecule has 0 atom stereocenters. The fraction of sp³-hybridized carbons (Fsp3) is 0.444. The number of ether oxygens (including phenoxy) is 1. The van der Waals surface area contributed by atoms with Gasteiger partial charge in [0.2, 0.25) is 5.91 Å². The van der Waals surface area contributed by atoms with Gasteiger partial charge in [-0.15, -0.1) is 6.42 Å². The highest BCUT2D eigenvalue weighted by Crippen LogP contribution is 2.17. The van der Waals surface area contributed by atoms with Crippen molar-refractivity contribution < 1.29 is 14.3 Å². The lowest BCUT2D eigenvalue weighted by molar-refractivity contribution is -0.131. The van der Waals surface area contributed by atoms with E-state index in [9.17, 15) is 9.59 Å². The van der Waals surface area contributed by atoms with Gasteiger partial charge in [-0.05, 0) is 30.9 Å². The van der Waals surface area contributed by atoms with Gasteiger partial charge in [0.05, 0.1) is 13.2 Å². The van der Waals surface area contributed by atoms with Crippen molar-refractivity contribution in [3.05, 3.63) is 35.9 Å².